The van der Waals surface area contributed by atoms with E-state index in [0.29, 0.717) is 0 Å². The van der Waals surface area contributed by atoms with Gasteiger partial charge in [-0.3, -0.25) is 4.79 Å². The number of amides is 1. The van der Waals surface area contributed by atoms with Crippen molar-refractivity contribution in [1.82, 2.24) is 15.2 Å². The van der Waals surface area contributed by atoms with E-state index in [1.54, 1.807) is 16.2 Å². The van der Waals surface area contributed by atoms with Crippen LogP contribution in [0.1, 0.15) is 23.2 Å². The molecule has 1 aliphatic heterocycles. The van der Waals surface area contributed by atoms with E-state index in [1.807, 2.05) is 13.2 Å². The average Bonchev–Trinajstić information content (AvgIpc) is 2.86. The van der Waals surface area contributed by atoms with E-state index in [-0.39, 0.29) is 11.9 Å². The van der Waals surface area contributed by atoms with E-state index >= 15 is 0 Å². The number of likely N-dealkylation sites (tertiary alicyclic amines) is 1. The molecule has 1 aliphatic rings. The summed E-state index contributed by atoms with van der Waals surface area (Å²) in [5, 5.41) is 4.45. The first-order valence-corrected chi connectivity index (χ1v) is 6.44. The maximum absolute atomic E-state index is 11.6. The summed E-state index contributed by atoms with van der Waals surface area (Å²) in [7, 11) is 1.85. The van der Waals surface area contributed by atoms with Crippen LogP contribution in [-0.4, -0.2) is 35.4 Å². The van der Waals surface area contributed by atoms with Crippen LogP contribution in [0.15, 0.2) is 6.20 Å². The Kier molecular flexibility index (Phi) is 3.56. The first kappa shape index (κ1) is 11.5. The molecule has 16 heavy (non-hydrogen) atoms. The lowest BCUT2D eigenvalue weighted by Crippen LogP contribution is -2.36. The average molecular weight is 239 g/mol. The lowest BCUT2D eigenvalue weighted by molar-refractivity contribution is -0.128. The molecule has 0 aromatic carbocycles. The second-order valence-corrected chi connectivity index (χ2v) is 5.26. The molecular weight excluding hydrogens is 222 g/mol. The highest BCUT2D eigenvalue weighted by molar-refractivity contribution is 7.11. The van der Waals surface area contributed by atoms with Crippen LogP contribution in [0, 0.1) is 0 Å². The van der Waals surface area contributed by atoms with Gasteiger partial charge in [0.25, 0.3) is 0 Å². The summed E-state index contributed by atoms with van der Waals surface area (Å²) in [5.74, 6) is 0.209. The van der Waals surface area contributed by atoms with Crippen LogP contribution in [0.25, 0.3) is 0 Å². The number of carbonyl (C=O) groups excluding carboxylic acids is 1. The predicted octanol–water partition coefficient (Wildman–Crippen LogP) is 1.03. The van der Waals surface area contributed by atoms with Crippen molar-refractivity contribution in [2.24, 2.45) is 0 Å². The molecule has 1 fully saturated rings. The van der Waals surface area contributed by atoms with Gasteiger partial charge >= 0.3 is 0 Å². The zero-order valence-corrected chi connectivity index (χ0v) is 10.5. The number of carbonyl (C=O) groups is 1. The minimum atomic E-state index is -0.00261. The SMILES string of the molecule is CCc1ncc(CNC2CCN(C)C2=O)s1. The quantitative estimate of drug-likeness (QED) is 0.853. The summed E-state index contributed by atoms with van der Waals surface area (Å²) in [6.07, 6.45) is 3.80. The Morgan fingerprint density at radius 2 is 2.50 bits per heavy atom. The highest BCUT2D eigenvalue weighted by Crippen LogP contribution is 2.14. The first-order valence-electron chi connectivity index (χ1n) is 5.62. The van der Waals surface area contributed by atoms with Crippen molar-refractivity contribution in [3.63, 3.8) is 0 Å². The molecule has 2 rings (SSSR count). The highest BCUT2D eigenvalue weighted by Gasteiger charge is 2.28. The van der Waals surface area contributed by atoms with Gasteiger partial charge in [0, 0.05) is 31.2 Å². The molecule has 1 unspecified atom stereocenters. The van der Waals surface area contributed by atoms with Crippen LogP contribution in [0.3, 0.4) is 0 Å². The van der Waals surface area contributed by atoms with Crippen LogP contribution >= 0.6 is 11.3 Å². The van der Waals surface area contributed by atoms with E-state index in [9.17, 15) is 4.79 Å². The number of thiazole rings is 1. The molecule has 88 valence electrons. The Hall–Kier alpha value is -0.940. The van der Waals surface area contributed by atoms with Gasteiger partial charge in [-0.25, -0.2) is 4.98 Å². The first-order chi connectivity index (χ1) is 7.70. The standard InChI is InChI=1S/C11H17N3OS/c1-3-10-13-7-8(16-10)6-12-9-4-5-14(2)11(9)15/h7,9,12H,3-6H2,1-2H3. The molecule has 1 aromatic heterocycles. The lowest BCUT2D eigenvalue weighted by Gasteiger charge is -2.10. The number of rotatable bonds is 4. The third-order valence-corrected chi connectivity index (χ3v) is 4.00. The van der Waals surface area contributed by atoms with E-state index in [2.05, 4.69) is 17.2 Å². The van der Waals surface area contributed by atoms with Gasteiger partial charge in [0.2, 0.25) is 5.91 Å². The fourth-order valence-electron chi connectivity index (χ4n) is 1.83. The Balaban J connectivity index is 1.85. The van der Waals surface area contributed by atoms with Crippen LogP contribution in [0.4, 0.5) is 0 Å². The summed E-state index contributed by atoms with van der Waals surface area (Å²) in [5.41, 5.74) is 0. The molecule has 0 radical (unpaired) electrons. The van der Waals surface area contributed by atoms with Gasteiger partial charge in [0.15, 0.2) is 0 Å². The molecule has 0 saturated carbocycles. The predicted molar refractivity (Wildman–Crippen MR) is 64.4 cm³/mol. The van der Waals surface area contributed by atoms with E-state index in [1.165, 1.54) is 4.88 Å². The highest BCUT2D eigenvalue weighted by atomic mass is 32.1. The Bertz CT molecular complexity index is 377. The molecule has 1 amide bonds. The number of likely N-dealkylation sites (N-methyl/N-ethyl adjacent to an activating group) is 1. The second kappa shape index (κ2) is 4.93. The van der Waals surface area contributed by atoms with Crippen molar-refractivity contribution >= 4 is 17.2 Å². The van der Waals surface area contributed by atoms with Gasteiger partial charge in [-0.15, -0.1) is 11.3 Å². The Morgan fingerprint density at radius 1 is 1.69 bits per heavy atom. The Labute approximate surface area is 99.7 Å². The van der Waals surface area contributed by atoms with Crippen LogP contribution in [0.2, 0.25) is 0 Å². The molecule has 0 aliphatic carbocycles. The molecule has 4 nitrogen and oxygen atoms in total. The van der Waals surface area contributed by atoms with Crippen LogP contribution < -0.4 is 5.32 Å². The van der Waals surface area contributed by atoms with Gasteiger partial charge in [0.1, 0.15) is 0 Å². The number of hydrogen-bond acceptors (Lipinski definition) is 4. The monoisotopic (exact) mass is 239 g/mol. The fraction of sp³-hybridized carbons (Fsp3) is 0.636. The number of aromatic nitrogens is 1. The van der Waals surface area contributed by atoms with Gasteiger partial charge in [0.05, 0.1) is 11.0 Å². The summed E-state index contributed by atoms with van der Waals surface area (Å²) < 4.78 is 0. The number of nitrogens with zero attached hydrogens (tertiary/aromatic N) is 2. The Morgan fingerprint density at radius 3 is 3.06 bits per heavy atom. The zero-order chi connectivity index (χ0) is 11.5. The molecule has 5 heteroatoms. The molecule has 1 aromatic rings. The van der Waals surface area contributed by atoms with Crippen molar-refractivity contribution in [2.75, 3.05) is 13.6 Å². The molecule has 1 saturated heterocycles. The molecule has 2 heterocycles. The zero-order valence-electron chi connectivity index (χ0n) is 9.69. The topological polar surface area (TPSA) is 45.2 Å². The normalized spacial score (nSPS) is 20.8. The van der Waals surface area contributed by atoms with E-state index in [0.717, 1.165) is 30.9 Å². The largest absolute Gasteiger partial charge is 0.344 e. The number of aryl methyl sites for hydroxylation is 1. The fourth-order valence-corrected chi connectivity index (χ4v) is 2.64. The van der Waals surface area contributed by atoms with Gasteiger partial charge in [-0.2, -0.15) is 0 Å². The van der Waals surface area contributed by atoms with Crippen molar-refractivity contribution in [3.8, 4) is 0 Å². The maximum Gasteiger partial charge on any atom is 0.239 e. The molecule has 1 atom stereocenters. The number of nitrogens with one attached hydrogen (secondary N) is 1. The lowest BCUT2D eigenvalue weighted by atomic mass is 10.2. The van der Waals surface area contributed by atoms with E-state index in [4.69, 9.17) is 0 Å². The summed E-state index contributed by atoms with van der Waals surface area (Å²) in [6.45, 7) is 3.72. The van der Waals surface area contributed by atoms with Gasteiger partial charge < -0.3 is 10.2 Å². The smallest absolute Gasteiger partial charge is 0.239 e. The number of hydrogen-bond donors (Lipinski definition) is 1. The minimum Gasteiger partial charge on any atom is -0.344 e. The van der Waals surface area contributed by atoms with Crippen LogP contribution in [0.5, 0.6) is 0 Å². The summed E-state index contributed by atoms with van der Waals surface area (Å²) in [6, 6.07) is -0.00261. The van der Waals surface area contributed by atoms with Gasteiger partial charge in [-0.05, 0) is 12.8 Å². The third-order valence-electron chi connectivity index (χ3n) is 2.85. The maximum atomic E-state index is 11.6. The molecular formula is C11H17N3OS. The summed E-state index contributed by atoms with van der Waals surface area (Å²) in [4.78, 5) is 18.9. The van der Waals surface area contributed by atoms with E-state index < -0.39 is 0 Å². The minimum absolute atomic E-state index is 0.00261. The van der Waals surface area contributed by atoms with Gasteiger partial charge in [-0.1, -0.05) is 6.92 Å². The molecule has 0 bridgehead atoms. The van der Waals surface area contributed by atoms with Crippen LogP contribution in [-0.2, 0) is 17.8 Å². The van der Waals surface area contributed by atoms with Crippen molar-refractivity contribution in [2.45, 2.75) is 32.4 Å². The van der Waals surface area contributed by atoms with Crippen molar-refractivity contribution < 1.29 is 4.79 Å². The third kappa shape index (κ3) is 2.41. The molecule has 0 spiro atoms. The molecule has 1 N–H and O–H groups in total. The second-order valence-electron chi connectivity index (χ2n) is 4.06. The van der Waals surface area contributed by atoms with Crippen molar-refractivity contribution in [3.05, 3.63) is 16.1 Å². The summed E-state index contributed by atoms with van der Waals surface area (Å²) >= 11 is 1.72. The van der Waals surface area contributed by atoms with Crippen molar-refractivity contribution in [1.29, 1.82) is 0 Å².